The van der Waals surface area contributed by atoms with Gasteiger partial charge >= 0.3 is 5.97 Å². The van der Waals surface area contributed by atoms with E-state index < -0.39 is 23.9 Å². The van der Waals surface area contributed by atoms with Gasteiger partial charge in [-0.25, -0.2) is 10.2 Å². The maximum atomic E-state index is 16.7. The number of halogens is 1. The van der Waals surface area contributed by atoms with Crippen molar-refractivity contribution in [2.75, 3.05) is 115 Å². The summed E-state index contributed by atoms with van der Waals surface area (Å²) in [4.78, 5) is 80.6. The zero-order valence-electron chi connectivity index (χ0n) is 51.9. The molecule has 6 aromatic rings. The molecule has 6 heterocycles. The number of piperazine rings is 1. The average Bonchev–Trinajstić information content (AvgIpc) is 2.20. The summed E-state index contributed by atoms with van der Waals surface area (Å²) in [6.45, 7) is 9.81. The Morgan fingerprint density at radius 1 is 0.807 bits per heavy atom. The van der Waals surface area contributed by atoms with Gasteiger partial charge in [-0.3, -0.25) is 33.9 Å². The van der Waals surface area contributed by atoms with Gasteiger partial charge in [0.25, 0.3) is 11.5 Å². The first-order chi connectivity index (χ1) is 42.7. The van der Waals surface area contributed by atoms with E-state index in [-0.39, 0.29) is 42.5 Å². The van der Waals surface area contributed by atoms with E-state index in [0.717, 1.165) is 87.1 Å². The number of anilines is 3. The molecule has 474 valence electrons. The fraction of sp³-hybridized carbons (Fsp3) is 0.424. The molecule has 21 nitrogen and oxygen atoms in total. The number of piperidine rings is 1. The molecule has 0 aliphatic carbocycles. The number of carbonyl (C=O) groups excluding carboxylic acids is 3. The van der Waals surface area contributed by atoms with Crippen molar-refractivity contribution >= 4 is 68.5 Å². The van der Waals surface area contributed by atoms with Crippen LogP contribution in [0.25, 0.3) is 38.4 Å². The molecule has 0 atom stereocenters. The molecule has 10 N–H and O–H groups in total. The van der Waals surface area contributed by atoms with E-state index in [4.69, 9.17) is 27.2 Å². The number of fused-ring (bicyclic) bond motifs is 2. The third-order valence-electron chi connectivity index (χ3n) is 15.8. The van der Waals surface area contributed by atoms with Gasteiger partial charge in [0.15, 0.2) is 5.82 Å². The predicted molar refractivity (Wildman–Crippen MR) is 351 cm³/mol. The standard InChI is InChI=1S/C48H63FN10O7.C14H16N2.C3H7N.CH5N/c1-53(2)48(65)41-29-40-39(28-38(46(49)47(40)52-41)34-11-10-20-56(30-34)44(62)16-21-59(51)22-17-50)37-14-12-35(27-42(37)66-3)55-25-23-54(24-26-55)18-8-6-4-5-7-9-19-57(33-60)36-13-15-43(61)58(31-36)32-45(63)64;1-4-8-16(9-5-1)14-11-15-10-12-6-2-3-7-13(12)14;1-2-3-4;1-2/h11-15,17,22,27-29,31,33,52H,4-10,16,18-21,23-26,30,32,50-51H2,1-3H3,(H,63,64);2-3,6-7,10-11H,1,4-5,8-9H2;2-3H,4H2,1H3;2H2,1H3/b22-17-;;3-2-;. The van der Waals surface area contributed by atoms with Crippen molar-refractivity contribution in [1.82, 2.24) is 34.2 Å². The number of H-pyrrole nitrogens is 1. The number of aliphatic carboxylic acids is 1. The van der Waals surface area contributed by atoms with E-state index >= 15 is 4.39 Å². The van der Waals surface area contributed by atoms with Gasteiger partial charge in [-0.1, -0.05) is 62.1 Å². The van der Waals surface area contributed by atoms with Crippen molar-refractivity contribution < 1.29 is 33.4 Å². The Labute approximate surface area is 516 Å². The number of aromatic amines is 1. The van der Waals surface area contributed by atoms with Crippen LogP contribution in [-0.2, 0) is 20.9 Å². The van der Waals surface area contributed by atoms with E-state index in [2.05, 4.69) is 60.7 Å². The highest BCUT2D eigenvalue weighted by molar-refractivity contribution is 6.05. The summed E-state index contributed by atoms with van der Waals surface area (Å²) in [5.41, 5.74) is 20.1. The van der Waals surface area contributed by atoms with Gasteiger partial charge in [-0.2, -0.15) is 0 Å². The molecule has 3 aromatic carbocycles. The Kier molecular flexibility index (Phi) is 27.3. The first kappa shape index (κ1) is 68.4. The molecule has 3 aliphatic rings. The monoisotopic (exact) mass is 1210 g/mol. The number of hydrogen-bond donors (Lipinski definition) is 6. The topological polar surface area (TPSA) is 275 Å². The Morgan fingerprint density at radius 3 is 2.20 bits per heavy atom. The second-order valence-corrected chi connectivity index (χ2v) is 22.0. The number of carbonyl (C=O) groups is 4. The lowest BCUT2D eigenvalue weighted by molar-refractivity contribution is -0.137. The number of allylic oxidation sites excluding steroid dienone is 1. The van der Waals surface area contributed by atoms with E-state index in [9.17, 15) is 24.0 Å². The Hall–Kier alpha value is -8.73. The van der Waals surface area contributed by atoms with Crippen LogP contribution in [-0.4, -0.2) is 164 Å². The number of ether oxygens (including phenoxy) is 1. The second kappa shape index (κ2) is 35.2. The number of nitrogens with zero attached hydrogens (tertiary/aromatic N) is 9. The van der Waals surface area contributed by atoms with Crippen LogP contribution in [0.4, 0.5) is 21.5 Å². The number of amides is 3. The fourth-order valence-electron chi connectivity index (χ4n) is 11.1. The Balaban J connectivity index is 0.000000468. The highest BCUT2D eigenvalue weighted by atomic mass is 19.1. The molecule has 3 aromatic heterocycles. The highest BCUT2D eigenvalue weighted by Gasteiger charge is 2.27. The van der Waals surface area contributed by atoms with Gasteiger partial charge in [0.05, 0.1) is 30.2 Å². The molecule has 3 amide bonds. The molecular weight excluding hydrogens is 1120 g/mol. The van der Waals surface area contributed by atoms with Crippen LogP contribution in [0, 0.1) is 5.82 Å². The second-order valence-electron chi connectivity index (χ2n) is 22.0. The van der Waals surface area contributed by atoms with Gasteiger partial charge in [0.2, 0.25) is 12.3 Å². The van der Waals surface area contributed by atoms with Crippen molar-refractivity contribution in [2.24, 2.45) is 23.0 Å². The lowest BCUT2D eigenvalue weighted by Crippen LogP contribution is -2.46. The number of hydrazine groups is 1. The van der Waals surface area contributed by atoms with Crippen LogP contribution in [0.3, 0.4) is 0 Å². The number of methoxy groups -OCH3 is 1. The summed E-state index contributed by atoms with van der Waals surface area (Å²) < 4.78 is 23.8. The molecule has 2 saturated heterocycles. The maximum Gasteiger partial charge on any atom is 0.323 e. The predicted octanol–water partition coefficient (Wildman–Crippen LogP) is 7.95. The maximum absolute atomic E-state index is 16.7. The number of nitrogens with two attached hydrogens (primary N) is 4. The van der Waals surface area contributed by atoms with Crippen LogP contribution >= 0.6 is 0 Å². The van der Waals surface area contributed by atoms with Crippen LogP contribution in [0.2, 0.25) is 0 Å². The van der Waals surface area contributed by atoms with E-state index in [1.807, 2.05) is 37.5 Å². The largest absolute Gasteiger partial charge is 0.496 e. The minimum atomic E-state index is -1.12. The smallest absolute Gasteiger partial charge is 0.323 e. The molecule has 0 saturated carbocycles. The molecule has 2 fully saturated rings. The summed E-state index contributed by atoms with van der Waals surface area (Å²) >= 11 is 0. The number of rotatable bonds is 23. The first-order valence-electron chi connectivity index (χ1n) is 30.4. The number of unbranched alkanes of at least 4 members (excludes halogenated alkanes) is 5. The molecular formula is C66H91FN14O7. The SMILES string of the molecule is C/C=C\N.CN.COc1cc(N2CCN(CCCCCCCCN(C=O)c3ccc(=O)n(CC(=O)O)c3)CC2)ccc1-c1cc(C2=CCCN(C(=O)CCN(N)/C=C\N)C2)c(F)c2[nH]c(C(=O)N(C)C)cc12.c1ccc2c(N3CCCCC3)cncc2c1. The fourth-order valence-corrected chi connectivity index (χ4v) is 11.1. The Bertz CT molecular complexity index is 3380. The summed E-state index contributed by atoms with van der Waals surface area (Å²) in [5.74, 6) is 4.48. The van der Waals surface area contributed by atoms with Gasteiger partial charge in [0, 0.05) is 156 Å². The zero-order valence-corrected chi connectivity index (χ0v) is 51.9. The minimum absolute atomic E-state index is 0.103. The number of nitrogens with one attached hydrogen (secondary N) is 1. The summed E-state index contributed by atoms with van der Waals surface area (Å²) in [7, 11) is 6.42. The summed E-state index contributed by atoms with van der Waals surface area (Å²) in [6.07, 6.45) is 24.9. The number of pyridine rings is 2. The van der Waals surface area contributed by atoms with Crippen molar-refractivity contribution in [2.45, 2.75) is 84.1 Å². The average molecular weight is 1210 g/mol. The normalized spacial score (nSPS) is 14.3. The van der Waals surface area contributed by atoms with Crippen molar-refractivity contribution in [1.29, 1.82) is 0 Å². The highest BCUT2D eigenvalue weighted by Crippen LogP contribution is 2.42. The molecule has 3 aliphatic heterocycles. The lowest BCUT2D eigenvalue weighted by Gasteiger charge is -2.36. The molecule has 9 rings (SSSR count). The molecule has 0 spiro atoms. The minimum Gasteiger partial charge on any atom is -0.496 e. The number of aromatic nitrogens is 3. The van der Waals surface area contributed by atoms with Gasteiger partial charge < -0.3 is 66.1 Å². The number of carboxylic acids is 1. The van der Waals surface area contributed by atoms with Crippen LogP contribution in [0.1, 0.15) is 93.6 Å². The molecule has 88 heavy (non-hydrogen) atoms. The number of benzene rings is 3. The van der Waals surface area contributed by atoms with Gasteiger partial charge in [-0.05, 0) is 107 Å². The van der Waals surface area contributed by atoms with Crippen LogP contribution < -0.4 is 48.0 Å². The quantitative estimate of drug-likeness (QED) is 0.0154. The van der Waals surface area contributed by atoms with E-state index in [1.54, 1.807) is 50.4 Å². The van der Waals surface area contributed by atoms with E-state index in [0.29, 0.717) is 59.4 Å². The van der Waals surface area contributed by atoms with Crippen LogP contribution in [0.15, 0.2) is 121 Å². The van der Waals surface area contributed by atoms with Gasteiger partial charge in [-0.15, -0.1) is 0 Å². The summed E-state index contributed by atoms with van der Waals surface area (Å²) in [6, 6.07) is 20.9. The third kappa shape index (κ3) is 18.9. The lowest BCUT2D eigenvalue weighted by atomic mass is 9.92. The summed E-state index contributed by atoms with van der Waals surface area (Å²) in [5, 5.41) is 13.5. The Morgan fingerprint density at radius 2 is 1.52 bits per heavy atom. The molecule has 0 radical (unpaired) electrons. The van der Waals surface area contributed by atoms with Crippen molar-refractivity contribution in [3.8, 4) is 16.9 Å². The molecule has 0 unspecified atom stereocenters. The van der Waals surface area contributed by atoms with E-state index in [1.165, 1.54) is 102 Å². The van der Waals surface area contributed by atoms with Gasteiger partial charge in [0.1, 0.15) is 18.0 Å². The first-order valence-corrected chi connectivity index (χ1v) is 30.4. The van der Waals surface area contributed by atoms with Crippen LogP contribution in [0.5, 0.6) is 5.75 Å². The molecule has 22 heteroatoms. The number of hydrogen-bond acceptors (Lipinski definition) is 15. The third-order valence-corrected chi connectivity index (χ3v) is 15.8. The van der Waals surface area contributed by atoms with Crippen molar-refractivity contribution in [3.63, 3.8) is 0 Å². The van der Waals surface area contributed by atoms with Crippen molar-refractivity contribution in [3.05, 3.63) is 144 Å². The number of carboxylic acid groups (broad SMARTS) is 1. The molecule has 0 bridgehead atoms. The zero-order chi connectivity index (χ0) is 63.5.